The minimum absolute atomic E-state index is 0.931. The molecule has 17 heavy (non-hydrogen) atoms. The predicted octanol–water partition coefficient (Wildman–Crippen LogP) is 4.37. The fourth-order valence-corrected chi connectivity index (χ4v) is 2.30. The first-order valence-electron chi connectivity index (χ1n) is 6.27. The quantitative estimate of drug-likeness (QED) is 0.833. The molecule has 0 unspecified atom stereocenters. The van der Waals surface area contributed by atoms with Gasteiger partial charge >= 0.3 is 0 Å². The Bertz CT molecular complexity index is 431. The van der Waals surface area contributed by atoms with Gasteiger partial charge in [0, 0.05) is 0 Å². The Morgan fingerprint density at radius 3 is 2.47 bits per heavy atom. The Morgan fingerprint density at radius 1 is 1.35 bits per heavy atom. The summed E-state index contributed by atoms with van der Waals surface area (Å²) in [4.78, 5) is 2.27. The molecule has 2 aromatic heterocycles. The van der Waals surface area contributed by atoms with E-state index >= 15 is 0 Å². The number of halogens is 1. The van der Waals surface area contributed by atoms with Gasteiger partial charge in [-0.1, -0.05) is 12.8 Å². The molecule has 0 aromatic carbocycles. The van der Waals surface area contributed by atoms with Crippen molar-refractivity contribution in [3.63, 3.8) is 0 Å². The minimum Gasteiger partial charge on any atom is -0.456 e. The Labute approximate surface area is 111 Å². The van der Waals surface area contributed by atoms with Crippen molar-refractivity contribution in [2.45, 2.75) is 25.7 Å². The average molecular weight is 298 g/mol. The standard InChI is InChI=1S/C8H17N.C6H3BrO/c1-9(2)7-3-4-8-5-6-8;7-5-3-4-1-2-6(5)8-4/h8H,3-7H2,1-2H3;1-3H. The molecule has 1 fully saturated rings. The van der Waals surface area contributed by atoms with Crippen LogP contribution in [0.4, 0.5) is 0 Å². The second kappa shape index (κ2) is 5.87. The summed E-state index contributed by atoms with van der Waals surface area (Å²) in [5, 5.41) is 0. The molecule has 1 aliphatic rings. The molecule has 0 amide bonds. The molecule has 1 aliphatic carbocycles. The van der Waals surface area contributed by atoms with Gasteiger partial charge in [0.1, 0.15) is 11.2 Å². The van der Waals surface area contributed by atoms with Crippen LogP contribution in [0, 0.1) is 5.92 Å². The highest BCUT2D eigenvalue weighted by Crippen LogP contribution is 2.33. The zero-order valence-corrected chi connectivity index (χ0v) is 12.2. The zero-order valence-electron chi connectivity index (χ0n) is 10.6. The van der Waals surface area contributed by atoms with Gasteiger partial charge in [-0.2, -0.15) is 0 Å². The molecule has 0 N–H and O–H groups in total. The second-order valence-corrected chi connectivity index (χ2v) is 5.94. The molecule has 0 atom stereocenters. The number of hydrogen-bond donors (Lipinski definition) is 0. The molecular weight excluding hydrogens is 278 g/mol. The smallest absolute Gasteiger partial charge is 0.141 e. The summed E-state index contributed by atoms with van der Waals surface area (Å²) in [6.07, 6.45) is 5.89. The van der Waals surface area contributed by atoms with Crippen molar-refractivity contribution in [2.75, 3.05) is 20.6 Å². The van der Waals surface area contributed by atoms with E-state index in [1.807, 2.05) is 18.2 Å². The highest BCUT2D eigenvalue weighted by atomic mass is 79.9. The summed E-state index contributed by atoms with van der Waals surface area (Å²) < 4.78 is 6.22. The molecule has 0 spiro atoms. The van der Waals surface area contributed by atoms with Crippen LogP contribution in [0.2, 0.25) is 0 Å². The molecule has 3 heteroatoms. The van der Waals surface area contributed by atoms with Gasteiger partial charge in [0.2, 0.25) is 0 Å². The molecule has 3 rings (SSSR count). The molecule has 2 nitrogen and oxygen atoms in total. The lowest BCUT2D eigenvalue weighted by molar-refractivity contribution is 0.389. The Hall–Kier alpha value is -0.540. The number of furan rings is 2. The fourth-order valence-electron chi connectivity index (χ4n) is 1.86. The van der Waals surface area contributed by atoms with E-state index in [0.29, 0.717) is 0 Å². The van der Waals surface area contributed by atoms with E-state index in [2.05, 4.69) is 34.9 Å². The summed E-state index contributed by atoms with van der Waals surface area (Å²) in [6, 6.07) is 5.84. The molecular formula is C14H20BrNO. The van der Waals surface area contributed by atoms with Crippen LogP contribution in [0.5, 0.6) is 0 Å². The number of benzene rings is 1. The van der Waals surface area contributed by atoms with Gasteiger partial charge in [-0.3, -0.25) is 0 Å². The molecule has 2 bridgehead atoms. The van der Waals surface area contributed by atoms with Gasteiger partial charge in [0.05, 0.1) is 4.47 Å². The van der Waals surface area contributed by atoms with E-state index in [9.17, 15) is 0 Å². The second-order valence-electron chi connectivity index (χ2n) is 5.08. The van der Waals surface area contributed by atoms with Crippen molar-refractivity contribution in [1.82, 2.24) is 4.90 Å². The molecule has 1 saturated carbocycles. The van der Waals surface area contributed by atoms with E-state index < -0.39 is 0 Å². The van der Waals surface area contributed by atoms with Gasteiger partial charge < -0.3 is 9.32 Å². The minimum atomic E-state index is 0.931. The summed E-state index contributed by atoms with van der Waals surface area (Å²) in [6.45, 7) is 1.27. The van der Waals surface area contributed by atoms with Gasteiger partial charge in [0.25, 0.3) is 0 Å². The first-order valence-corrected chi connectivity index (χ1v) is 7.06. The lowest BCUT2D eigenvalue weighted by Gasteiger charge is -2.07. The molecule has 94 valence electrons. The van der Waals surface area contributed by atoms with Crippen LogP contribution in [0.15, 0.2) is 27.1 Å². The van der Waals surface area contributed by atoms with Gasteiger partial charge in [-0.05, 0) is 73.5 Å². The van der Waals surface area contributed by atoms with Crippen LogP contribution in [0.3, 0.4) is 0 Å². The lowest BCUT2D eigenvalue weighted by atomic mass is 10.2. The third kappa shape index (κ3) is 4.32. The molecule has 2 aromatic rings. The SMILES string of the molecule is Brc1cc2ccc1o2.CN(C)CCCC1CC1. The first kappa shape index (κ1) is 12.9. The number of hydrogen-bond acceptors (Lipinski definition) is 2. The number of fused-ring (bicyclic) bond motifs is 2. The maximum atomic E-state index is 5.17. The van der Waals surface area contributed by atoms with Crippen molar-refractivity contribution in [3.05, 3.63) is 22.7 Å². The maximum absolute atomic E-state index is 5.17. The topological polar surface area (TPSA) is 16.4 Å². The van der Waals surface area contributed by atoms with Crippen molar-refractivity contribution in [1.29, 1.82) is 0 Å². The van der Waals surface area contributed by atoms with Crippen LogP contribution in [-0.2, 0) is 0 Å². The van der Waals surface area contributed by atoms with Crippen LogP contribution in [0.25, 0.3) is 11.2 Å². The molecule has 0 radical (unpaired) electrons. The zero-order chi connectivity index (χ0) is 12.3. The van der Waals surface area contributed by atoms with Crippen LogP contribution >= 0.6 is 15.9 Å². The van der Waals surface area contributed by atoms with E-state index in [-0.39, 0.29) is 0 Å². The average Bonchev–Trinajstić information content (AvgIpc) is 2.87. The third-order valence-electron chi connectivity index (χ3n) is 3.05. The van der Waals surface area contributed by atoms with Gasteiger partial charge in [-0.15, -0.1) is 0 Å². The van der Waals surface area contributed by atoms with Crippen molar-refractivity contribution < 1.29 is 4.42 Å². The van der Waals surface area contributed by atoms with E-state index in [0.717, 1.165) is 21.6 Å². The van der Waals surface area contributed by atoms with E-state index in [1.54, 1.807) is 0 Å². The predicted molar refractivity (Wildman–Crippen MR) is 75.6 cm³/mol. The normalized spacial score (nSPS) is 15.3. The lowest BCUT2D eigenvalue weighted by Crippen LogP contribution is -2.12. The van der Waals surface area contributed by atoms with Crippen LogP contribution < -0.4 is 0 Å². The molecule has 0 aliphatic heterocycles. The fraction of sp³-hybridized carbons (Fsp3) is 0.571. The van der Waals surface area contributed by atoms with Crippen molar-refractivity contribution >= 4 is 27.1 Å². The van der Waals surface area contributed by atoms with Crippen LogP contribution in [0.1, 0.15) is 25.7 Å². The summed E-state index contributed by atoms with van der Waals surface area (Å²) >= 11 is 3.32. The van der Waals surface area contributed by atoms with Crippen molar-refractivity contribution in [2.24, 2.45) is 5.92 Å². The van der Waals surface area contributed by atoms with Gasteiger partial charge in [0.15, 0.2) is 0 Å². The monoisotopic (exact) mass is 297 g/mol. The number of nitrogens with zero attached hydrogens (tertiary/aromatic N) is 1. The summed E-state index contributed by atoms with van der Waals surface area (Å²) in [5.74, 6) is 1.12. The maximum Gasteiger partial charge on any atom is 0.141 e. The summed E-state index contributed by atoms with van der Waals surface area (Å²) in [7, 11) is 4.29. The first-order chi connectivity index (χ1) is 8.15. The molecule has 0 saturated heterocycles. The Morgan fingerprint density at radius 2 is 2.12 bits per heavy atom. The van der Waals surface area contributed by atoms with E-state index in [1.165, 1.54) is 32.2 Å². The van der Waals surface area contributed by atoms with Crippen molar-refractivity contribution in [3.8, 4) is 0 Å². The Kier molecular flexibility index (Phi) is 4.46. The summed E-state index contributed by atoms with van der Waals surface area (Å²) in [5.41, 5.74) is 1.87. The highest BCUT2D eigenvalue weighted by Gasteiger charge is 2.19. The number of rotatable bonds is 4. The van der Waals surface area contributed by atoms with Crippen LogP contribution in [-0.4, -0.2) is 25.5 Å². The van der Waals surface area contributed by atoms with E-state index in [4.69, 9.17) is 4.42 Å². The Balaban J connectivity index is 0.000000127. The third-order valence-corrected chi connectivity index (χ3v) is 3.67. The largest absolute Gasteiger partial charge is 0.456 e. The molecule has 2 heterocycles. The highest BCUT2D eigenvalue weighted by molar-refractivity contribution is 9.10. The van der Waals surface area contributed by atoms with Gasteiger partial charge in [-0.25, -0.2) is 0 Å².